The van der Waals surface area contributed by atoms with Crippen molar-refractivity contribution in [1.82, 2.24) is 9.88 Å². The molecule has 3 unspecified atom stereocenters. The number of benzene rings is 1. The summed E-state index contributed by atoms with van der Waals surface area (Å²) in [5.41, 5.74) is 1.87. The molecule has 0 saturated carbocycles. The van der Waals surface area contributed by atoms with Gasteiger partial charge in [-0.3, -0.25) is 9.88 Å². The molecule has 2 fully saturated rings. The predicted octanol–water partition coefficient (Wildman–Crippen LogP) is 4.88. The van der Waals surface area contributed by atoms with Gasteiger partial charge in [-0.05, 0) is 49.8 Å². The molecule has 25 heavy (non-hydrogen) atoms. The van der Waals surface area contributed by atoms with Crippen LogP contribution in [0.2, 0.25) is 5.02 Å². The molecule has 2 aliphatic rings. The standard InChI is InChI=1S/C21H22ClN3/c1-15(16-5-3-2-4-6-16)25-19-7-8-20(25)11-21(10-19,14-23)17-9-18(22)13-24-12-17/h2-6,9,12-13,15,19-20H,7-8,10-11H2,1H3. The summed E-state index contributed by atoms with van der Waals surface area (Å²) in [5.74, 6) is 0. The molecule has 0 N–H and O–H groups in total. The second-order valence-electron chi connectivity index (χ2n) is 7.41. The van der Waals surface area contributed by atoms with Gasteiger partial charge in [0.2, 0.25) is 0 Å². The van der Waals surface area contributed by atoms with Crippen LogP contribution in [0.25, 0.3) is 0 Å². The number of hydrogen-bond acceptors (Lipinski definition) is 3. The molecule has 2 aliphatic heterocycles. The molecule has 0 aliphatic carbocycles. The zero-order valence-corrected chi connectivity index (χ0v) is 15.2. The van der Waals surface area contributed by atoms with Gasteiger partial charge in [0.05, 0.1) is 16.5 Å². The van der Waals surface area contributed by atoms with Crippen LogP contribution in [-0.4, -0.2) is 22.0 Å². The van der Waals surface area contributed by atoms with Crippen LogP contribution in [0.15, 0.2) is 48.8 Å². The van der Waals surface area contributed by atoms with E-state index in [1.165, 1.54) is 18.4 Å². The molecule has 2 bridgehead atoms. The van der Waals surface area contributed by atoms with Gasteiger partial charge in [-0.25, -0.2) is 0 Å². The van der Waals surface area contributed by atoms with Crippen LogP contribution in [0.1, 0.15) is 49.8 Å². The van der Waals surface area contributed by atoms with E-state index in [1.807, 2.05) is 12.3 Å². The molecule has 3 atom stereocenters. The van der Waals surface area contributed by atoms with Crippen LogP contribution in [0.3, 0.4) is 0 Å². The summed E-state index contributed by atoms with van der Waals surface area (Å²) in [6.45, 7) is 2.29. The molecule has 1 aromatic carbocycles. The third-order valence-electron chi connectivity index (χ3n) is 6.05. The molecule has 0 amide bonds. The smallest absolute Gasteiger partial charge is 0.0867 e. The second-order valence-corrected chi connectivity index (χ2v) is 7.85. The van der Waals surface area contributed by atoms with Crippen molar-refractivity contribution in [2.24, 2.45) is 0 Å². The summed E-state index contributed by atoms with van der Waals surface area (Å²) in [5, 5.41) is 10.7. The van der Waals surface area contributed by atoms with E-state index in [4.69, 9.17) is 11.6 Å². The topological polar surface area (TPSA) is 39.9 Å². The van der Waals surface area contributed by atoms with E-state index in [-0.39, 0.29) is 0 Å². The van der Waals surface area contributed by atoms with Crippen molar-refractivity contribution in [3.8, 4) is 6.07 Å². The average molecular weight is 352 g/mol. The number of hydrogen-bond donors (Lipinski definition) is 0. The lowest BCUT2D eigenvalue weighted by Gasteiger charge is -2.46. The van der Waals surface area contributed by atoms with Gasteiger partial charge in [-0.1, -0.05) is 41.9 Å². The molecule has 4 heteroatoms. The zero-order chi connectivity index (χ0) is 17.4. The van der Waals surface area contributed by atoms with Gasteiger partial charge in [-0.2, -0.15) is 5.26 Å². The number of piperidine rings is 1. The van der Waals surface area contributed by atoms with Crippen LogP contribution < -0.4 is 0 Å². The first-order valence-corrected chi connectivity index (χ1v) is 9.35. The van der Waals surface area contributed by atoms with Crippen LogP contribution in [0.4, 0.5) is 0 Å². The Hall–Kier alpha value is -1.89. The predicted molar refractivity (Wildman–Crippen MR) is 99.3 cm³/mol. The molecule has 0 radical (unpaired) electrons. The lowest BCUT2D eigenvalue weighted by atomic mass is 9.71. The number of halogens is 1. The van der Waals surface area contributed by atoms with Crippen molar-refractivity contribution in [2.75, 3.05) is 0 Å². The van der Waals surface area contributed by atoms with Gasteiger partial charge in [0.15, 0.2) is 0 Å². The van der Waals surface area contributed by atoms with Crippen LogP contribution in [0.5, 0.6) is 0 Å². The number of aromatic nitrogens is 1. The summed E-state index contributed by atoms with van der Waals surface area (Å²) in [6.07, 6.45) is 7.51. The summed E-state index contributed by atoms with van der Waals surface area (Å²) in [7, 11) is 0. The minimum absolute atomic E-state index is 0.382. The van der Waals surface area contributed by atoms with Crippen LogP contribution in [0, 0.1) is 11.3 Å². The molecular formula is C21H22ClN3. The zero-order valence-electron chi connectivity index (χ0n) is 14.4. The highest BCUT2D eigenvalue weighted by Crippen LogP contribution is 2.49. The lowest BCUT2D eigenvalue weighted by molar-refractivity contribution is 0.0667. The summed E-state index contributed by atoms with van der Waals surface area (Å²) in [4.78, 5) is 6.87. The van der Waals surface area contributed by atoms with Crippen LogP contribution >= 0.6 is 11.6 Å². The molecule has 1 aromatic heterocycles. The SMILES string of the molecule is CC(c1ccccc1)N1C2CCC1CC(C#N)(c1cncc(Cl)c1)C2. The first-order valence-electron chi connectivity index (χ1n) is 8.98. The van der Waals surface area contributed by atoms with Crippen molar-refractivity contribution >= 4 is 11.6 Å². The number of fused-ring (bicyclic) bond motifs is 2. The first-order chi connectivity index (χ1) is 12.1. The fourth-order valence-electron chi connectivity index (χ4n) is 4.89. The Kier molecular flexibility index (Phi) is 4.27. The van der Waals surface area contributed by atoms with Crippen molar-refractivity contribution in [1.29, 1.82) is 5.26 Å². The van der Waals surface area contributed by atoms with Gasteiger partial charge in [0, 0.05) is 30.5 Å². The fourth-order valence-corrected chi connectivity index (χ4v) is 5.06. The van der Waals surface area contributed by atoms with Gasteiger partial charge in [-0.15, -0.1) is 0 Å². The summed E-state index contributed by atoms with van der Waals surface area (Å²) < 4.78 is 0. The van der Waals surface area contributed by atoms with E-state index in [1.54, 1.807) is 6.20 Å². The van der Waals surface area contributed by atoms with Gasteiger partial charge >= 0.3 is 0 Å². The largest absolute Gasteiger partial charge is 0.291 e. The second kappa shape index (κ2) is 6.44. The Morgan fingerprint density at radius 2 is 1.88 bits per heavy atom. The molecule has 2 aromatic rings. The normalized spacial score (nSPS) is 30.0. The third kappa shape index (κ3) is 2.84. The fraction of sp³-hybridized carbons (Fsp3) is 0.429. The molecule has 3 heterocycles. The van der Waals surface area contributed by atoms with Crippen molar-refractivity contribution in [3.63, 3.8) is 0 Å². The highest BCUT2D eigenvalue weighted by molar-refractivity contribution is 6.30. The molecule has 0 spiro atoms. The Bertz CT molecular complexity index is 784. The number of rotatable bonds is 3. The number of pyridine rings is 1. The van der Waals surface area contributed by atoms with Crippen LogP contribution in [-0.2, 0) is 5.41 Å². The Morgan fingerprint density at radius 1 is 1.20 bits per heavy atom. The number of nitrogens with zero attached hydrogens (tertiary/aromatic N) is 3. The Balaban J connectivity index is 1.64. The van der Waals surface area contributed by atoms with E-state index in [9.17, 15) is 5.26 Å². The first kappa shape index (κ1) is 16.6. The van der Waals surface area contributed by atoms with Crippen molar-refractivity contribution in [3.05, 3.63) is 64.9 Å². The Morgan fingerprint density at radius 3 is 2.48 bits per heavy atom. The van der Waals surface area contributed by atoms with Crippen molar-refractivity contribution < 1.29 is 0 Å². The maximum Gasteiger partial charge on any atom is 0.0867 e. The maximum absolute atomic E-state index is 10.1. The third-order valence-corrected chi connectivity index (χ3v) is 6.25. The van der Waals surface area contributed by atoms with E-state index in [0.29, 0.717) is 23.1 Å². The van der Waals surface area contributed by atoms with Gasteiger partial charge < -0.3 is 0 Å². The molecule has 2 saturated heterocycles. The van der Waals surface area contributed by atoms with Crippen molar-refractivity contribution in [2.45, 2.75) is 56.1 Å². The van der Waals surface area contributed by atoms with E-state index in [2.05, 4.69) is 53.2 Å². The molecule has 4 rings (SSSR count). The lowest BCUT2D eigenvalue weighted by Crippen LogP contribution is -2.49. The van der Waals surface area contributed by atoms with E-state index < -0.39 is 5.41 Å². The monoisotopic (exact) mass is 351 g/mol. The molecular weight excluding hydrogens is 330 g/mol. The minimum Gasteiger partial charge on any atom is -0.291 e. The maximum atomic E-state index is 10.1. The molecule has 128 valence electrons. The minimum atomic E-state index is -0.462. The summed E-state index contributed by atoms with van der Waals surface area (Å²) >= 11 is 6.15. The average Bonchev–Trinajstić information content (AvgIpc) is 2.92. The molecule has 3 nitrogen and oxygen atoms in total. The summed E-state index contributed by atoms with van der Waals surface area (Å²) in [6, 6.07) is 16.5. The Labute approximate surface area is 154 Å². The highest BCUT2D eigenvalue weighted by Gasteiger charge is 2.51. The number of nitriles is 1. The quantitative estimate of drug-likeness (QED) is 0.790. The van der Waals surface area contributed by atoms with E-state index in [0.717, 1.165) is 18.4 Å². The van der Waals surface area contributed by atoms with Gasteiger partial charge in [0.1, 0.15) is 0 Å². The van der Waals surface area contributed by atoms with E-state index >= 15 is 0 Å². The highest BCUT2D eigenvalue weighted by atomic mass is 35.5. The van der Waals surface area contributed by atoms with Gasteiger partial charge in [0.25, 0.3) is 0 Å².